The number of rotatable bonds is 5. The maximum Gasteiger partial charge on any atom is 0.185 e. The molecular formula is C14H26N4S. The van der Waals surface area contributed by atoms with Gasteiger partial charge in [-0.2, -0.15) is 0 Å². The van der Waals surface area contributed by atoms with E-state index in [0.717, 1.165) is 32.6 Å². The molecule has 0 unspecified atom stereocenters. The highest BCUT2D eigenvalue weighted by Gasteiger charge is 2.17. The van der Waals surface area contributed by atoms with E-state index in [4.69, 9.17) is 5.73 Å². The quantitative estimate of drug-likeness (QED) is 0.839. The molecule has 2 heterocycles. The number of unbranched alkanes of at least 4 members (excludes halogenated alkanes) is 1. The summed E-state index contributed by atoms with van der Waals surface area (Å²) in [5.41, 5.74) is 6.74. The molecule has 0 aromatic carbocycles. The van der Waals surface area contributed by atoms with Gasteiger partial charge in [-0.25, -0.2) is 4.98 Å². The van der Waals surface area contributed by atoms with Crippen molar-refractivity contribution in [2.75, 3.05) is 44.2 Å². The molecule has 1 aliphatic heterocycles. The van der Waals surface area contributed by atoms with Gasteiger partial charge < -0.3 is 15.5 Å². The second-order valence-corrected chi connectivity index (χ2v) is 6.50. The van der Waals surface area contributed by atoms with E-state index in [9.17, 15) is 0 Å². The van der Waals surface area contributed by atoms with Crippen LogP contribution < -0.4 is 10.6 Å². The zero-order valence-electron chi connectivity index (χ0n) is 12.2. The Kier molecular flexibility index (Phi) is 5.60. The monoisotopic (exact) mass is 282 g/mol. The van der Waals surface area contributed by atoms with Gasteiger partial charge in [0, 0.05) is 24.5 Å². The van der Waals surface area contributed by atoms with Gasteiger partial charge in [0.25, 0.3) is 0 Å². The highest BCUT2D eigenvalue weighted by molar-refractivity contribution is 7.15. The zero-order chi connectivity index (χ0) is 13.7. The molecule has 0 bridgehead atoms. The minimum Gasteiger partial charge on any atom is -0.347 e. The van der Waals surface area contributed by atoms with Gasteiger partial charge in [-0.1, -0.05) is 0 Å². The Hall–Kier alpha value is -0.650. The Labute approximate surface area is 120 Å². The van der Waals surface area contributed by atoms with Crippen molar-refractivity contribution in [2.45, 2.75) is 33.1 Å². The van der Waals surface area contributed by atoms with Crippen molar-refractivity contribution in [3.8, 4) is 0 Å². The Morgan fingerprint density at radius 2 is 2.00 bits per heavy atom. The number of aryl methyl sites for hydroxylation is 2. The molecule has 0 amide bonds. The molecule has 1 fully saturated rings. The van der Waals surface area contributed by atoms with E-state index >= 15 is 0 Å². The van der Waals surface area contributed by atoms with Gasteiger partial charge in [-0.05, 0) is 52.7 Å². The summed E-state index contributed by atoms with van der Waals surface area (Å²) in [6.45, 7) is 10.9. The SMILES string of the molecule is Cc1nc(N2CCCN(CCCCN)CC2)sc1C. The first-order valence-corrected chi connectivity index (χ1v) is 8.13. The molecule has 2 N–H and O–H groups in total. The van der Waals surface area contributed by atoms with E-state index in [1.54, 1.807) is 0 Å². The number of hydrogen-bond donors (Lipinski definition) is 1. The van der Waals surface area contributed by atoms with Crippen LogP contribution in [0.2, 0.25) is 0 Å². The number of nitrogens with two attached hydrogens (primary N) is 1. The maximum atomic E-state index is 5.56. The molecule has 1 aromatic heterocycles. The standard InChI is InChI=1S/C14H26N4S/c1-12-13(2)19-14(16-12)18-9-5-8-17(10-11-18)7-4-3-6-15/h3-11,15H2,1-2H3. The van der Waals surface area contributed by atoms with Crippen LogP contribution in [0.4, 0.5) is 5.13 Å². The molecule has 0 radical (unpaired) electrons. The van der Waals surface area contributed by atoms with Crippen molar-refractivity contribution in [3.63, 3.8) is 0 Å². The van der Waals surface area contributed by atoms with Crippen LogP contribution in [0.3, 0.4) is 0 Å². The topological polar surface area (TPSA) is 45.4 Å². The largest absolute Gasteiger partial charge is 0.347 e. The fraction of sp³-hybridized carbons (Fsp3) is 0.786. The van der Waals surface area contributed by atoms with E-state index in [1.807, 2.05) is 11.3 Å². The molecule has 1 saturated heterocycles. The average molecular weight is 282 g/mol. The first-order chi connectivity index (χ1) is 9.20. The van der Waals surface area contributed by atoms with Gasteiger partial charge in [0.15, 0.2) is 5.13 Å². The van der Waals surface area contributed by atoms with E-state index < -0.39 is 0 Å². The van der Waals surface area contributed by atoms with Gasteiger partial charge in [0.1, 0.15) is 0 Å². The summed E-state index contributed by atoms with van der Waals surface area (Å²) in [5, 5.41) is 1.21. The summed E-state index contributed by atoms with van der Waals surface area (Å²) < 4.78 is 0. The molecule has 2 rings (SSSR count). The third-order valence-corrected chi connectivity index (χ3v) is 4.94. The summed E-state index contributed by atoms with van der Waals surface area (Å²) in [7, 11) is 0. The number of nitrogens with zero attached hydrogens (tertiary/aromatic N) is 3. The van der Waals surface area contributed by atoms with E-state index in [-0.39, 0.29) is 0 Å². The lowest BCUT2D eigenvalue weighted by molar-refractivity contribution is 0.288. The molecule has 0 saturated carbocycles. The van der Waals surface area contributed by atoms with Crippen LogP contribution in [0.5, 0.6) is 0 Å². The number of aromatic nitrogens is 1. The second kappa shape index (κ2) is 7.22. The van der Waals surface area contributed by atoms with Crippen LogP contribution in [0.15, 0.2) is 0 Å². The van der Waals surface area contributed by atoms with Crippen LogP contribution in [0, 0.1) is 13.8 Å². The van der Waals surface area contributed by atoms with Gasteiger partial charge >= 0.3 is 0 Å². The summed E-state index contributed by atoms with van der Waals surface area (Å²) >= 11 is 1.83. The van der Waals surface area contributed by atoms with Crippen LogP contribution >= 0.6 is 11.3 Å². The predicted molar refractivity (Wildman–Crippen MR) is 83.1 cm³/mol. The minimum absolute atomic E-state index is 0.817. The third-order valence-electron chi connectivity index (χ3n) is 3.80. The Morgan fingerprint density at radius 3 is 2.68 bits per heavy atom. The minimum atomic E-state index is 0.817. The van der Waals surface area contributed by atoms with Crippen molar-refractivity contribution < 1.29 is 0 Å². The number of anilines is 1. The smallest absolute Gasteiger partial charge is 0.185 e. The van der Waals surface area contributed by atoms with E-state index in [1.165, 1.54) is 41.6 Å². The Balaban J connectivity index is 1.86. The van der Waals surface area contributed by atoms with Gasteiger partial charge in [0.05, 0.1) is 5.69 Å². The highest BCUT2D eigenvalue weighted by Crippen LogP contribution is 2.25. The van der Waals surface area contributed by atoms with Crippen LogP contribution in [0.25, 0.3) is 0 Å². The first kappa shape index (κ1) is 14.8. The Bertz CT molecular complexity index is 371. The summed E-state index contributed by atoms with van der Waals surface area (Å²) in [5.74, 6) is 0. The molecule has 5 heteroatoms. The molecule has 1 aromatic rings. The molecule has 19 heavy (non-hydrogen) atoms. The van der Waals surface area contributed by atoms with E-state index in [0.29, 0.717) is 0 Å². The summed E-state index contributed by atoms with van der Waals surface area (Å²) in [6.07, 6.45) is 3.61. The lowest BCUT2D eigenvalue weighted by Crippen LogP contribution is -2.31. The van der Waals surface area contributed by atoms with Crippen molar-refractivity contribution in [1.29, 1.82) is 0 Å². The molecule has 108 valence electrons. The van der Waals surface area contributed by atoms with Crippen molar-refractivity contribution in [2.24, 2.45) is 5.73 Å². The van der Waals surface area contributed by atoms with Gasteiger partial charge in [0.2, 0.25) is 0 Å². The predicted octanol–water partition coefficient (Wildman–Crippen LogP) is 2.01. The number of thiazole rings is 1. The third kappa shape index (κ3) is 4.16. The number of hydrogen-bond acceptors (Lipinski definition) is 5. The molecule has 4 nitrogen and oxygen atoms in total. The maximum absolute atomic E-state index is 5.56. The summed E-state index contributed by atoms with van der Waals surface area (Å²) in [6, 6.07) is 0. The molecule has 1 aliphatic rings. The lowest BCUT2D eigenvalue weighted by Gasteiger charge is -2.21. The van der Waals surface area contributed by atoms with Crippen LogP contribution in [-0.2, 0) is 0 Å². The normalized spacial score (nSPS) is 17.7. The summed E-state index contributed by atoms with van der Waals surface area (Å²) in [4.78, 5) is 11.1. The zero-order valence-corrected chi connectivity index (χ0v) is 13.0. The average Bonchev–Trinajstić information content (AvgIpc) is 2.62. The lowest BCUT2D eigenvalue weighted by atomic mass is 10.3. The highest BCUT2D eigenvalue weighted by atomic mass is 32.1. The Morgan fingerprint density at radius 1 is 1.16 bits per heavy atom. The molecule has 0 atom stereocenters. The van der Waals surface area contributed by atoms with Crippen LogP contribution in [-0.4, -0.2) is 49.2 Å². The first-order valence-electron chi connectivity index (χ1n) is 7.32. The van der Waals surface area contributed by atoms with Gasteiger partial charge in [-0.15, -0.1) is 11.3 Å². The fourth-order valence-corrected chi connectivity index (χ4v) is 3.42. The van der Waals surface area contributed by atoms with Crippen molar-refractivity contribution in [3.05, 3.63) is 10.6 Å². The van der Waals surface area contributed by atoms with Crippen molar-refractivity contribution >= 4 is 16.5 Å². The fourth-order valence-electron chi connectivity index (χ4n) is 2.46. The van der Waals surface area contributed by atoms with Crippen molar-refractivity contribution in [1.82, 2.24) is 9.88 Å². The molecule has 0 aliphatic carbocycles. The second-order valence-electron chi connectivity index (χ2n) is 5.32. The van der Waals surface area contributed by atoms with Gasteiger partial charge in [-0.3, -0.25) is 0 Å². The van der Waals surface area contributed by atoms with Crippen LogP contribution in [0.1, 0.15) is 29.8 Å². The molecule has 0 spiro atoms. The molecular weight excluding hydrogens is 256 g/mol. The van der Waals surface area contributed by atoms with E-state index in [2.05, 4.69) is 28.6 Å².